The third-order valence-corrected chi connectivity index (χ3v) is 7.60. The van der Waals surface area contributed by atoms with Crippen LogP contribution in [0, 0.1) is 6.92 Å². The topological polar surface area (TPSA) is 77.7 Å². The van der Waals surface area contributed by atoms with Gasteiger partial charge in [0.1, 0.15) is 4.21 Å². The summed E-state index contributed by atoms with van der Waals surface area (Å²) in [6, 6.07) is 6.14. The molecule has 4 rings (SSSR count). The van der Waals surface area contributed by atoms with Crippen LogP contribution in [0.1, 0.15) is 11.3 Å². The lowest BCUT2D eigenvalue weighted by atomic mass is 10.0. The van der Waals surface area contributed by atoms with Gasteiger partial charge in [-0.2, -0.15) is 18.3 Å². The van der Waals surface area contributed by atoms with Crippen LogP contribution < -0.4 is 0 Å². The average molecular weight is 471 g/mol. The number of aryl methyl sites for hydroxylation is 1. The highest BCUT2D eigenvalue weighted by Gasteiger charge is 2.35. The molecule has 0 radical (unpaired) electrons. The molecule has 3 heterocycles. The maximum Gasteiger partial charge on any atom is 0.435 e. The number of sulfone groups is 1. The predicted molar refractivity (Wildman–Crippen MR) is 109 cm³/mol. The number of nitrogens with zero attached hydrogens (tertiary/aromatic N) is 4. The number of hydrogen-bond donors (Lipinski definition) is 0. The lowest BCUT2D eigenvalue weighted by molar-refractivity contribution is -0.141. The fourth-order valence-corrected chi connectivity index (χ4v) is 5.09. The molecule has 0 aliphatic rings. The maximum absolute atomic E-state index is 13.3. The summed E-state index contributed by atoms with van der Waals surface area (Å²) in [7, 11) is -3.54. The molecule has 0 saturated carbocycles. The second-order valence-electron chi connectivity index (χ2n) is 6.46. The molecule has 0 bridgehead atoms. The maximum atomic E-state index is 13.3. The molecule has 0 N–H and O–H groups in total. The Bertz CT molecular complexity index is 1320. The fraction of sp³-hybridized carbons (Fsp3) is 0.167. The van der Waals surface area contributed by atoms with E-state index < -0.39 is 21.7 Å². The van der Waals surface area contributed by atoms with E-state index in [1.54, 1.807) is 23.7 Å². The van der Waals surface area contributed by atoms with Gasteiger partial charge in [0.25, 0.3) is 0 Å². The number of aromatic nitrogens is 4. The van der Waals surface area contributed by atoms with Gasteiger partial charge in [0, 0.05) is 22.8 Å². The third kappa shape index (κ3) is 3.89. The van der Waals surface area contributed by atoms with Crippen LogP contribution in [0.5, 0.6) is 0 Å². The van der Waals surface area contributed by atoms with Gasteiger partial charge in [-0.3, -0.25) is 0 Å². The van der Waals surface area contributed by atoms with Gasteiger partial charge in [-0.15, -0.1) is 11.3 Å². The van der Waals surface area contributed by atoms with Crippen molar-refractivity contribution in [3.05, 3.63) is 52.6 Å². The van der Waals surface area contributed by atoms with Crippen LogP contribution in [-0.2, 0) is 16.0 Å². The van der Waals surface area contributed by atoms with Gasteiger partial charge in [-0.05, 0) is 24.6 Å². The minimum absolute atomic E-state index is 0.0298. The first kappa shape index (κ1) is 20.7. The molecule has 1 aromatic carbocycles. The number of benzene rings is 1. The Morgan fingerprint density at radius 2 is 1.90 bits per heavy atom. The van der Waals surface area contributed by atoms with Crippen molar-refractivity contribution in [2.75, 3.05) is 6.26 Å². The molecule has 0 aliphatic carbocycles. The fourth-order valence-electron chi connectivity index (χ4n) is 2.85. The molecule has 0 amide bonds. The van der Waals surface area contributed by atoms with E-state index in [4.69, 9.17) is 0 Å². The molecule has 0 saturated heterocycles. The van der Waals surface area contributed by atoms with Crippen molar-refractivity contribution in [1.82, 2.24) is 19.7 Å². The van der Waals surface area contributed by atoms with Crippen molar-refractivity contribution in [3.8, 4) is 27.6 Å². The van der Waals surface area contributed by atoms with Crippen molar-refractivity contribution in [1.29, 1.82) is 0 Å². The molecule has 0 atom stereocenters. The quantitative estimate of drug-likeness (QED) is 0.426. The summed E-state index contributed by atoms with van der Waals surface area (Å²) in [6.07, 6.45) is -2.53. The van der Waals surface area contributed by atoms with Gasteiger partial charge in [0.05, 0.1) is 23.1 Å². The Hall–Kier alpha value is -2.57. The third-order valence-electron chi connectivity index (χ3n) is 4.25. The van der Waals surface area contributed by atoms with Crippen LogP contribution in [0.3, 0.4) is 0 Å². The van der Waals surface area contributed by atoms with Crippen LogP contribution >= 0.6 is 22.7 Å². The van der Waals surface area contributed by atoms with Gasteiger partial charge in [0.15, 0.2) is 15.5 Å². The smallest absolute Gasteiger partial charge is 0.245 e. The van der Waals surface area contributed by atoms with E-state index in [1.165, 1.54) is 11.3 Å². The molecular formula is C18H13F3N4O2S3. The molecule has 0 aliphatic heterocycles. The summed E-state index contributed by atoms with van der Waals surface area (Å²) >= 11 is 2.20. The summed E-state index contributed by atoms with van der Waals surface area (Å²) in [6.45, 7) is 1.84. The van der Waals surface area contributed by atoms with Gasteiger partial charge < -0.3 is 0 Å². The standard InChI is InChI=1S/C18H13F3N4O2S3/c1-10-5-11(3-4-12(10)13-8-28-9-23-13)14-6-15(18(19,20)21)24-25(14)17-22-7-16(29-17)30(2,26)27/h3-9H,1-2H3. The lowest BCUT2D eigenvalue weighted by Gasteiger charge is -2.08. The summed E-state index contributed by atoms with van der Waals surface area (Å²) in [5.74, 6) is 0. The first-order valence-electron chi connectivity index (χ1n) is 8.37. The van der Waals surface area contributed by atoms with Gasteiger partial charge in [0.2, 0.25) is 5.13 Å². The molecule has 30 heavy (non-hydrogen) atoms. The second-order valence-corrected chi connectivity index (χ2v) is 10.4. The Kier molecular flexibility index (Phi) is 5.03. The molecule has 0 unspecified atom stereocenters. The minimum Gasteiger partial charge on any atom is -0.245 e. The summed E-state index contributed by atoms with van der Waals surface area (Å²) in [5.41, 5.74) is 3.75. The zero-order chi connectivity index (χ0) is 21.7. The van der Waals surface area contributed by atoms with Crippen molar-refractivity contribution >= 4 is 32.5 Å². The Morgan fingerprint density at radius 1 is 1.13 bits per heavy atom. The molecule has 156 valence electrons. The number of alkyl halides is 3. The van der Waals surface area contributed by atoms with Crippen LogP contribution in [0.15, 0.2) is 45.6 Å². The van der Waals surface area contributed by atoms with Crippen molar-refractivity contribution in [2.45, 2.75) is 17.3 Å². The Balaban J connectivity index is 1.86. The highest BCUT2D eigenvalue weighted by Crippen LogP contribution is 2.36. The number of rotatable bonds is 4. The van der Waals surface area contributed by atoms with Crippen LogP contribution in [0.4, 0.5) is 13.2 Å². The van der Waals surface area contributed by atoms with Gasteiger partial charge in [-0.25, -0.2) is 23.1 Å². The molecule has 0 fully saturated rings. The van der Waals surface area contributed by atoms with Crippen molar-refractivity contribution in [3.63, 3.8) is 0 Å². The van der Waals surface area contributed by atoms with Crippen molar-refractivity contribution in [2.24, 2.45) is 0 Å². The SMILES string of the molecule is Cc1cc(-c2cc(C(F)(F)F)nn2-c2ncc(S(C)(=O)=O)s2)ccc1-c1cscn1. The van der Waals surface area contributed by atoms with E-state index in [9.17, 15) is 21.6 Å². The summed E-state index contributed by atoms with van der Waals surface area (Å²) in [5, 5.41) is 5.57. The lowest BCUT2D eigenvalue weighted by Crippen LogP contribution is -2.07. The Morgan fingerprint density at radius 3 is 2.47 bits per heavy atom. The number of thiazole rings is 2. The van der Waals surface area contributed by atoms with Crippen LogP contribution in [0.25, 0.3) is 27.6 Å². The van der Waals surface area contributed by atoms with E-state index in [2.05, 4.69) is 15.1 Å². The number of hydrogen-bond acceptors (Lipinski definition) is 7. The second kappa shape index (κ2) is 7.29. The van der Waals surface area contributed by atoms with Gasteiger partial charge in [-0.1, -0.05) is 23.5 Å². The minimum atomic E-state index is -4.66. The first-order chi connectivity index (χ1) is 14.0. The van der Waals surface area contributed by atoms with Crippen LogP contribution in [0.2, 0.25) is 0 Å². The Labute approximate surface area is 177 Å². The van der Waals surface area contributed by atoms with Crippen molar-refractivity contribution < 1.29 is 21.6 Å². The molecule has 3 aromatic heterocycles. The first-order valence-corrected chi connectivity index (χ1v) is 12.0. The van der Waals surface area contributed by atoms with E-state index in [0.717, 1.165) is 51.4 Å². The highest BCUT2D eigenvalue weighted by molar-refractivity contribution is 7.92. The average Bonchev–Trinajstić information content (AvgIpc) is 3.39. The molecule has 6 nitrogen and oxygen atoms in total. The van der Waals surface area contributed by atoms with E-state index in [1.807, 2.05) is 12.3 Å². The normalized spacial score (nSPS) is 12.4. The zero-order valence-corrected chi connectivity index (χ0v) is 18.0. The molecule has 12 heteroatoms. The van der Waals surface area contributed by atoms with E-state index in [-0.39, 0.29) is 15.0 Å². The monoisotopic (exact) mass is 470 g/mol. The molecule has 0 spiro atoms. The predicted octanol–water partition coefficient (Wildman–Crippen LogP) is 4.85. The highest BCUT2D eigenvalue weighted by atomic mass is 32.2. The molecule has 4 aromatic rings. The molecular weight excluding hydrogens is 457 g/mol. The number of halogens is 3. The zero-order valence-electron chi connectivity index (χ0n) is 15.5. The summed E-state index contributed by atoms with van der Waals surface area (Å²) in [4.78, 5) is 8.24. The van der Waals surface area contributed by atoms with E-state index in [0.29, 0.717) is 5.56 Å². The van der Waals surface area contributed by atoms with E-state index >= 15 is 0 Å². The largest absolute Gasteiger partial charge is 0.435 e. The van der Waals surface area contributed by atoms with Gasteiger partial charge >= 0.3 is 6.18 Å². The van der Waals surface area contributed by atoms with Crippen LogP contribution in [-0.4, -0.2) is 34.4 Å². The summed E-state index contributed by atoms with van der Waals surface area (Å²) < 4.78 is 64.5.